The van der Waals surface area contributed by atoms with Crippen molar-refractivity contribution in [1.29, 1.82) is 0 Å². The van der Waals surface area contributed by atoms with Gasteiger partial charge in [0.1, 0.15) is 17.0 Å². The summed E-state index contributed by atoms with van der Waals surface area (Å²) in [6.07, 6.45) is -0.534. The van der Waals surface area contributed by atoms with Crippen LogP contribution in [0.15, 0.2) is 60.7 Å². The van der Waals surface area contributed by atoms with E-state index < -0.39 is 17.1 Å². The number of hydrogen-bond donors (Lipinski definition) is 1. The minimum Gasteiger partial charge on any atom is -0.442 e. The van der Waals surface area contributed by atoms with Gasteiger partial charge < -0.3 is 14.5 Å². The van der Waals surface area contributed by atoms with Crippen molar-refractivity contribution in [3.05, 3.63) is 60.7 Å². The first-order valence-electron chi connectivity index (χ1n) is 12.1. The van der Waals surface area contributed by atoms with Crippen LogP contribution in [0, 0.1) is 5.41 Å². The number of esters is 1. The molecular formula is C29H29N3O4S. The number of thiophene rings is 1. The topological polar surface area (TPSA) is 86.2 Å². The Bertz CT molecular complexity index is 1630. The van der Waals surface area contributed by atoms with Gasteiger partial charge in [0, 0.05) is 21.8 Å². The van der Waals surface area contributed by atoms with Crippen LogP contribution >= 0.6 is 11.3 Å². The van der Waals surface area contributed by atoms with Crippen LogP contribution in [0.4, 0.5) is 4.79 Å². The molecule has 0 aliphatic heterocycles. The van der Waals surface area contributed by atoms with Crippen molar-refractivity contribution in [3.63, 3.8) is 0 Å². The molecule has 0 spiro atoms. The minimum atomic E-state index is -0.657. The largest absolute Gasteiger partial charge is 0.442 e. The van der Waals surface area contributed by atoms with Crippen LogP contribution in [0.3, 0.4) is 0 Å². The zero-order chi connectivity index (χ0) is 26.5. The second-order valence-corrected chi connectivity index (χ2v) is 12.1. The summed E-state index contributed by atoms with van der Waals surface area (Å²) in [6.45, 7) is 10.9. The number of benzene rings is 2. The molecule has 3 aromatic heterocycles. The van der Waals surface area contributed by atoms with Gasteiger partial charge in [-0.2, -0.15) is 9.78 Å². The number of H-pyrrole nitrogens is 1. The van der Waals surface area contributed by atoms with Gasteiger partial charge in [-0.15, -0.1) is 11.3 Å². The van der Waals surface area contributed by atoms with E-state index in [1.165, 1.54) is 4.68 Å². The molecule has 0 unspecified atom stereocenters. The number of rotatable bonds is 3. The average Bonchev–Trinajstić information content (AvgIpc) is 3.50. The van der Waals surface area contributed by atoms with E-state index in [4.69, 9.17) is 9.47 Å². The Labute approximate surface area is 219 Å². The molecule has 0 atom stereocenters. The van der Waals surface area contributed by atoms with Crippen LogP contribution in [-0.2, 0) is 9.53 Å². The summed E-state index contributed by atoms with van der Waals surface area (Å²) in [6, 6.07) is 19.5. The summed E-state index contributed by atoms with van der Waals surface area (Å²) in [4.78, 5) is 29.9. The maximum atomic E-state index is 13.1. The second kappa shape index (κ2) is 8.88. The number of aromatic nitrogens is 3. The lowest BCUT2D eigenvalue weighted by atomic mass is 9.97. The molecule has 0 fully saturated rings. The molecule has 3 heterocycles. The highest BCUT2D eigenvalue weighted by Gasteiger charge is 2.26. The third-order valence-electron chi connectivity index (χ3n) is 5.65. The van der Waals surface area contributed by atoms with E-state index in [1.54, 1.807) is 23.5 Å². The number of hydrogen-bond acceptors (Lipinski definition) is 6. The van der Waals surface area contributed by atoms with E-state index in [2.05, 4.69) is 10.1 Å². The molecule has 0 radical (unpaired) electrons. The summed E-state index contributed by atoms with van der Waals surface area (Å²) in [5, 5.41) is 5.61. The quantitative estimate of drug-likeness (QED) is 0.197. The van der Waals surface area contributed by atoms with Gasteiger partial charge in [0.2, 0.25) is 0 Å². The Kier molecular flexibility index (Phi) is 5.95. The van der Waals surface area contributed by atoms with Crippen molar-refractivity contribution in [2.45, 2.75) is 47.1 Å². The van der Waals surface area contributed by atoms with Gasteiger partial charge in [0.15, 0.2) is 0 Å². The first-order valence-corrected chi connectivity index (χ1v) is 12.9. The molecule has 7 nitrogen and oxygen atoms in total. The zero-order valence-corrected chi connectivity index (χ0v) is 22.5. The van der Waals surface area contributed by atoms with E-state index in [-0.39, 0.29) is 5.97 Å². The van der Waals surface area contributed by atoms with Crippen LogP contribution in [0.5, 0.6) is 5.75 Å². The summed E-state index contributed by atoms with van der Waals surface area (Å²) < 4.78 is 13.4. The maximum absolute atomic E-state index is 13.1. The number of nitrogens with zero attached hydrogens (tertiary/aromatic N) is 2. The van der Waals surface area contributed by atoms with E-state index in [0.717, 1.165) is 31.7 Å². The molecule has 37 heavy (non-hydrogen) atoms. The summed E-state index contributed by atoms with van der Waals surface area (Å²) in [7, 11) is 0. The Morgan fingerprint density at radius 2 is 1.68 bits per heavy atom. The number of aromatic amines is 1. The Morgan fingerprint density at radius 3 is 2.35 bits per heavy atom. The lowest BCUT2D eigenvalue weighted by molar-refractivity contribution is -0.142. The number of fused-ring (bicyclic) bond motifs is 2. The van der Waals surface area contributed by atoms with E-state index >= 15 is 0 Å². The lowest BCUT2D eigenvalue weighted by Crippen LogP contribution is -2.27. The number of carbonyl (C=O) groups excluding carboxylic acids is 2. The fourth-order valence-corrected chi connectivity index (χ4v) is 4.97. The van der Waals surface area contributed by atoms with Crippen molar-refractivity contribution in [2.75, 3.05) is 0 Å². The van der Waals surface area contributed by atoms with Gasteiger partial charge in [-0.25, -0.2) is 4.79 Å². The van der Waals surface area contributed by atoms with Gasteiger partial charge in [0.05, 0.1) is 21.3 Å². The fourth-order valence-electron chi connectivity index (χ4n) is 3.83. The number of carbonyl (C=O) groups is 2. The highest BCUT2D eigenvalue weighted by Crippen LogP contribution is 2.40. The first-order chi connectivity index (χ1) is 17.4. The van der Waals surface area contributed by atoms with E-state index in [1.807, 2.05) is 90.1 Å². The van der Waals surface area contributed by atoms with Crippen molar-refractivity contribution in [1.82, 2.24) is 14.8 Å². The highest BCUT2D eigenvalue weighted by molar-refractivity contribution is 7.22. The molecule has 0 amide bonds. The second-order valence-electron chi connectivity index (χ2n) is 11.0. The van der Waals surface area contributed by atoms with Crippen molar-refractivity contribution in [2.24, 2.45) is 5.41 Å². The molecule has 5 rings (SSSR count). The van der Waals surface area contributed by atoms with E-state index in [9.17, 15) is 9.59 Å². The molecule has 190 valence electrons. The fraction of sp³-hybridized carbons (Fsp3) is 0.276. The number of nitrogens with one attached hydrogen (secondary N) is 1. The van der Waals surface area contributed by atoms with Crippen molar-refractivity contribution < 1.29 is 19.1 Å². The van der Waals surface area contributed by atoms with Gasteiger partial charge in [-0.05, 0) is 71.4 Å². The van der Waals surface area contributed by atoms with Crippen LogP contribution < -0.4 is 4.74 Å². The molecule has 0 aliphatic carbocycles. The summed E-state index contributed by atoms with van der Waals surface area (Å²) in [5.74, 6) is 0.163. The Balaban J connectivity index is 1.60. The smallest absolute Gasteiger partial charge is 0.435 e. The Morgan fingerprint density at radius 1 is 0.946 bits per heavy atom. The standard InChI is InChI=1S/C29H29N3O4S/c1-28(2,3)26(33)35-19-13-12-18-14-21(30-20(18)15-19)24-25-22(32(31-24)27(34)36-29(4,5)6)16-23(37-25)17-10-8-7-9-11-17/h7-16,30H,1-6H3. The predicted octanol–water partition coefficient (Wildman–Crippen LogP) is 7.65. The van der Waals surface area contributed by atoms with Crippen LogP contribution in [0.2, 0.25) is 0 Å². The molecular weight excluding hydrogens is 486 g/mol. The molecule has 8 heteroatoms. The van der Waals surface area contributed by atoms with Gasteiger partial charge >= 0.3 is 12.1 Å². The molecule has 1 N–H and O–H groups in total. The molecule has 0 saturated heterocycles. The molecule has 0 bridgehead atoms. The SMILES string of the molecule is CC(C)(C)OC(=O)n1nc(-c2cc3ccc(OC(=O)C(C)(C)C)cc3[nH]2)c2sc(-c3ccccc3)cc21. The molecule has 5 aromatic rings. The first kappa shape index (κ1) is 24.8. The predicted molar refractivity (Wildman–Crippen MR) is 147 cm³/mol. The third kappa shape index (κ3) is 5.02. The van der Waals surface area contributed by atoms with Gasteiger partial charge in [-0.1, -0.05) is 30.3 Å². The summed E-state index contributed by atoms with van der Waals surface area (Å²) in [5.41, 5.74) is 2.69. The van der Waals surface area contributed by atoms with Crippen LogP contribution in [0.1, 0.15) is 41.5 Å². The molecule has 0 aliphatic rings. The average molecular weight is 516 g/mol. The zero-order valence-electron chi connectivity index (χ0n) is 21.7. The number of ether oxygens (including phenoxy) is 2. The van der Waals surface area contributed by atoms with Crippen molar-refractivity contribution in [3.8, 4) is 27.6 Å². The monoisotopic (exact) mass is 515 g/mol. The molecule has 2 aromatic carbocycles. The van der Waals surface area contributed by atoms with Gasteiger partial charge in [0.25, 0.3) is 0 Å². The van der Waals surface area contributed by atoms with E-state index in [0.29, 0.717) is 17.0 Å². The molecule has 0 saturated carbocycles. The minimum absolute atomic E-state index is 0.302. The normalized spacial score (nSPS) is 12.3. The Hall–Kier alpha value is -3.91. The van der Waals surface area contributed by atoms with Crippen molar-refractivity contribution >= 4 is 44.5 Å². The maximum Gasteiger partial charge on any atom is 0.435 e. The highest BCUT2D eigenvalue weighted by atomic mass is 32.1. The summed E-state index contributed by atoms with van der Waals surface area (Å²) >= 11 is 1.57. The van der Waals surface area contributed by atoms with Crippen LogP contribution in [-0.4, -0.2) is 32.4 Å². The van der Waals surface area contributed by atoms with Gasteiger partial charge in [-0.3, -0.25) is 4.79 Å². The lowest BCUT2D eigenvalue weighted by Gasteiger charge is -2.19. The third-order valence-corrected chi connectivity index (χ3v) is 6.83. The van der Waals surface area contributed by atoms with Crippen LogP contribution in [0.25, 0.3) is 42.9 Å².